The van der Waals surface area contributed by atoms with Gasteiger partial charge in [0, 0.05) is 18.2 Å². The molecule has 94 valence electrons. The number of fused-ring (bicyclic) bond motifs is 1. The van der Waals surface area contributed by atoms with E-state index in [-0.39, 0.29) is 19.4 Å². The number of hydrogen-bond acceptors (Lipinski definition) is 4. The van der Waals surface area contributed by atoms with E-state index in [1.165, 1.54) is 11.3 Å². The third-order valence-electron chi connectivity index (χ3n) is 3.26. The monoisotopic (exact) mass is 268 g/mol. The van der Waals surface area contributed by atoms with E-state index in [9.17, 15) is 18.8 Å². The first-order valence-corrected chi connectivity index (χ1v) is 6.37. The fourth-order valence-electron chi connectivity index (χ4n) is 2.24. The Labute approximate surface area is 106 Å². The van der Waals surface area contributed by atoms with Crippen molar-refractivity contribution in [1.82, 2.24) is 10.2 Å². The zero-order chi connectivity index (χ0) is 12.9. The van der Waals surface area contributed by atoms with Gasteiger partial charge in [-0.25, -0.2) is 4.39 Å². The molecule has 2 aliphatic rings. The molecule has 3 amide bonds. The number of amides is 3. The highest BCUT2D eigenvalue weighted by Gasteiger charge is 2.52. The second-order valence-corrected chi connectivity index (χ2v) is 5.08. The Bertz CT molecular complexity index is 570. The Morgan fingerprint density at radius 1 is 1.33 bits per heavy atom. The highest BCUT2D eigenvalue weighted by molar-refractivity contribution is 7.08. The lowest BCUT2D eigenvalue weighted by Crippen LogP contribution is -2.60. The molecular formula is C11H9FN2O3S. The number of nitrogens with zero attached hydrogens (tertiary/aromatic N) is 1. The molecule has 0 aromatic carbocycles. The van der Waals surface area contributed by atoms with Gasteiger partial charge in [0.1, 0.15) is 0 Å². The van der Waals surface area contributed by atoms with Gasteiger partial charge < -0.3 is 0 Å². The van der Waals surface area contributed by atoms with Crippen LogP contribution in [0.15, 0.2) is 10.8 Å². The highest BCUT2D eigenvalue weighted by atomic mass is 32.1. The molecule has 1 aromatic rings. The van der Waals surface area contributed by atoms with E-state index in [1.807, 2.05) is 5.32 Å². The van der Waals surface area contributed by atoms with Crippen molar-refractivity contribution >= 4 is 29.1 Å². The smallest absolute Gasteiger partial charge is 0.285 e. The molecule has 3 heterocycles. The maximum absolute atomic E-state index is 14.7. The SMILES string of the molecule is O=C1CC[C@@](F)(N2Cc3cscc3C2=O)C(=O)N1. The van der Waals surface area contributed by atoms with Gasteiger partial charge in [-0.05, 0) is 10.9 Å². The molecule has 0 aliphatic carbocycles. The van der Waals surface area contributed by atoms with Crippen LogP contribution in [-0.2, 0) is 16.1 Å². The van der Waals surface area contributed by atoms with Crippen LogP contribution < -0.4 is 5.32 Å². The van der Waals surface area contributed by atoms with E-state index in [1.54, 1.807) is 10.8 Å². The second-order valence-electron chi connectivity index (χ2n) is 4.34. The largest absolute Gasteiger partial charge is 0.294 e. The average molecular weight is 268 g/mol. The Morgan fingerprint density at radius 2 is 2.11 bits per heavy atom. The highest BCUT2D eigenvalue weighted by Crippen LogP contribution is 2.36. The molecule has 1 fully saturated rings. The van der Waals surface area contributed by atoms with Gasteiger partial charge >= 0.3 is 0 Å². The number of piperidine rings is 1. The minimum absolute atomic E-state index is 0.0791. The molecule has 1 atom stereocenters. The summed E-state index contributed by atoms with van der Waals surface area (Å²) in [5.74, 6) is -4.45. The van der Waals surface area contributed by atoms with Crippen LogP contribution in [0.1, 0.15) is 28.8 Å². The molecule has 18 heavy (non-hydrogen) atoms. The number of alkyl halides is 1. The Balaban J connectivity index is 1.92. The number of nitrogens with one attached hydrogen (secondary N) is 1. The standard InChI is InChI=1S/C11H9FN2O3S/c12-11(2-1-8(15)13-10(11)17)14-3-6-4-18-5-7(6)9(14)16/h4-5H,1-3H2,(H,13,15,17)/t11-/m1/s1. The van der Waals surface area contributed by atoms with E-state index < -0.39 is 23.5 Å². The first-order chi connectivity index (χ1) is 8.52. The third-order valence-corrected chi connectivity index (χ3v) is 4.05. The number of hydrogen-bond donors (Lipinski definition) is 1. The average Bonchev–Trinajstić information content (AvgIpc) is 2.88. The maximum Gasteiger partial charge on any atom is 0.285 e. The van der Waals surface area contributed by atoms with Crippen molar-refractivity contribution < 1.29 is 18.8 Å². The number of carbonyl (C=O) groups is 3. The van der Waals surface area contributed by atoms with Crippen LogP contribution >= 0.6 is 11.3 Å². The molecule has 0 spiro atoms. The summed E-state index contributed by atoms with van der Waals surface area (Å²) in [5, 5.41) is 5.35. The van der Waals surface area contributed by atoms with Crippen molar-refractivity contribution in [3.8, 4) is 0 Å². The van der Waals surface area contributed by atoms with Crippen LogP contribution in [-0.4, -0.2) is 28.4 Å². The number of imide groups is 1. The predicted octanol–water partition coefficient (Wildman–Crippen LogP) is 0.806. The third kappa shape index (κ3) is 1.40. The molecule has 5 nitrogen and oxygen atoms in total. The summed E-state index contributed by atoms with van der Waals surface area (Å²) in [6.45, 7) is 0.0791. The molecule has 0 bridgehead atoms. The quantitative estimate of drug-likeness (QED) is 0.605. The second kappa shape index (κ2) is 3.61. The number of thiophene rings is 1. The minimum Gasteiger partial charge on any atom is -0.294 e. The fourth-order valence-corrected chi connectivity index (χ4v) is 3.06. The Hall–Kier alpha value is -1.76. The van der Waals surface area contributed by atoms with Crippen LogP contribution in [0.5, 0.6) is 0 Å². The lowest BCUT2D eigenvalue weighted by molar-refractivity contribution is -0.154. The van der Waals surface area contributed by atoms with Crippen molar-refractivity contribution in [3.05, 3.63) is 21.9 Å². The van der Waals surface area contributed by atoms with E-state index in [0.717, 1.165) is 10.5 Å². The maximum atomic E-state index is 14.7. The normalized spacial score (nSPS) is 27.4. The summed E-state index contributed by atoms with van der Waals surface area (Å²) in [6.07, 6.45) is -0.379. The van der Waals surface area contributed by atoms with Gasteiger partial charge in [-0.15, -0.1) is 0 Å². The first-order valence-electron chi connectivity index (χ1n) is 5.42. The van der Waals surface area contributed by atoms with E-state index in [2.05, 4.69) is 0 Å². The summed E-state index contributed by atoms with van der Waals surface area (Å²) < 4.78 is 14.7. The number of carbonyl (C=O) groups excluding carboxylic acids is 3. The topological polar surface area (TPSA) is 66.5 Å². The molecule has 1 aromatic heterocycles. The lowest BCUT2D eigenvalue weighted by Gasteiger charge is -2.35. The molecule has 0 unspecified atom stereocenters. The lowest BCUT2D eigenvalue weighted by atomic mass is 10.0. The van der Waals surface area contributed by atoms with Gasteiger partial charge in [-0.1, -0.05) is 0 Å². The summed E-state index contributed by atoms with van der Waals surface area (Å²) >= 11 is 1.37. The van der Waals surface area contributed by atoms with E-state index in [0.29, 0.717) is 5.56 Å². The van der Waals surface area contributed by atoms with Crippen LogP contribution in [0.2, 0.25) is 0 Å². The first kappa shape index (κ1) is 11.3. The molecule has 1 N–H and O–H groups in total. The van der Waals surface area contributed by atoms with E-state index in [4.69, 9.17) is 0 Å². The van der Waals surface area contributed by atoms with Gasteiger partial charge in [-0.3, -0.25) is 24.6 Å². The summed E-state index contributed by atoms with van der Waals surface area (Å²) in [7, 11) is 0. The minimum atomic E-state index is -2.41. The zero-order valence-corrected chi connectivity index (χ0v) is 10.1. The molecule has 2 aliphatic heterocycles. The molecular weight excluding hydrogens is 259 g/mol. The molecule has 0 radical (unpaired) electrons. The van der Waals surface area contributed by atoms with Crippen LogP contribution in [0.4, 0.5) is 4.39 Å². The van der Waals surface area contributed by atoms with Crippen molar-refractivity contribution in [3.63, 3.8) is 0 Å². The summed E-state index contributed by atoms with van der Waals surface area (Å²) in [6, 6.07) is 0. The van der Waals surface area contributed by atoms with Gasteiger partial charge in [0.25, 0.3) is 17.6 Å². The summed E-state index contributed by atoms with van der Waals surface area (Å²) in [5.41, 5.74) is 1.17. The number of halogens is 1. The van der Waals surface area contributed by atoms with Gasteiger partial charge in [0.05, 0.1) is 12.1 Å². The van der Waals surface area contributed by atoms with Crippen molar-refractivity contribution in [2.45, 2.75) is 25.2 Å². The predicted molar refractivity (Wildman–Crippen MR) is 60.4 cm³/mol. The number of rotatable bonds is 1. The van der Waals surface area contributed by atoms with Crippen LogP contribution in [0.3, 0.4) is 0 Å². The van der Waals surface area contributed by atoms with E-state index >= 15 is 0 Å². The van der Waals surface area contributed by atoms with Crippen LogP contribution in [0.25, 0.3) is 0 Å². The fraction of sp³-hybridized carbons (Fsp3) is 0.364. The van der Waals surface area contributed by atoms with Gasteiger partial charge in [-0.2, -0.15) is 11.3 Å². The zero-order valence-electron chi connectivity index (χ0n) is 9.23. The Morgan fingerprint density at radius 3 is 2.78 bits per heavy atom. The van der Waals surface area contributed by atoms with Crippen molar-refractivity contribution in [1.29, 1.82) is 0 Å². The Kier molecular flexibility index (Phi) is 2.28. The van der Waals surface area contributed by atoms with Crippen molar-refractivity contribution in [2.75, 3.05) is 0 Å². The van der Waals surface area contributed by atoms with Gasteiger partial charge in [0.15, 0.2) is 0 Å². The molecule has 7 heteroatoms. The van der Waals surface area contributed by atoms with Crippen LogP contribution in [0, 0.1) is 0 Å². The molecule has 1 saturated heterocycles. The van der Waals surface area contributed by atoms with Crippen molar-refractivity contribution in [2.24, 2.45) is 0 Å². The molecule has 0 saturated carbocycles. The van der Waals surface area contributed by atoms with Gasteiger partial charge in [0.2, 0.25) is 5.91 Å². The summed E-state index contributed by atoms with van der Waals surface area (Å²) in [4.78, 5) is 35.6. The molecule has 3 rings (SSSR count).